The fourth-order valence-electron chi connectivity index (χ4n) is 2.28. The molecule has 118 valence electrons. The lowest BCUT2D eigenvalue weighted by Gasteiger charge is -2.12. The van der Waals surface area contributed by atoms with Gasteiger partial charge in [0.2, 0.25) is 5.91 Å². The molecule has 23 heavy (non-hydrogen) atoms. The third kappa shape index (κ3) is 4.33. The Bertz CT molecular complexity index is 747. The van der Waals surface area contributed by atoms with Gasteiger partial charge in [-0.25, -0.2) is 0 Å². The van der Waals surface area contributed by atoms with Crippen molar-refractivity contribution in [2.45, 2.75) is 20.3 Å². The second kappa shape index (κ2) is 7.46. The third-order valence-corrected chi connectivity index (χ3v) is 3.82. The van der Waals surface area contributed by atoms with Crippen LogP contribution >= 0.6 is 0 Å². The average molecular weight is 308 g/mol. The summed E-state index contributed by atoms with van der Waals surface area (Å²) in [5.74, 6) is -0.323. The molecule has 1 atom stereocenters. The summed E-state index contributed by atoms with van der Waals surface area (Å²) in [7, 11) is 1.59. The van der Waals surface area contributed by atoms with Crippen LogP contribution in [0.4, 0.5) is 5.69 Å². The van der Waals surface area contributed by atoms with Gasteiger partial charge >= 0.3 is 0 Å². The van der Waals surface area contributed by atoms with Gasteiger partial charge in [-0.3, -0.25) is 4.79 Å². The Morgan fingerprint density at radius 2 is 2.00 bits per heavy atom. The van der Waals surface area contributed by atoms with Gasteiger partial charge in [-0.2, -0.15) is 5.26 Å². The summed E-state index contributed by atoms with van der Waals surface area (Å²) in [6.07, 6.45) is 0.352. The number of benzene rings is 2. The minimum Gasteiger partial charge on any atom is -0.497 e. The monoisotopic (exact) mass is 308 g/mol. The number of ether oxygens (including phenoxy) is 1. The van der Waals surface area contributed by atoms with Crippen molar-refractivity contribution in [2.24, 2.45) is 5.92 Å². The Hall–Kier alpha value is -2.80. The quantitative estimate of drug-likeness (QED) is 0.917. The van der Waals surface area contributed by atoms with Gasteiger partial charge in [0.05, 0.1) is 13.2 Å². The highest BCUT2D eigenvalue weighted by atomic mass is 16.5. The van der Waals surface area contributed by atoms with Crippen LogP contribution in [0.15, 0.2) is 42.5 Å². The first-order valence-corrected chi connectivity index (χ1v) is 7.44. The summed E-state index contributed by atoms with van der Waals surface area (Å²) < 4.78 is 5.17. The summed E-state index contributed by atoms with van der Waals surface area (Å²) in [4.78, 5) is 12.3. The van der Waals surface area contributed by atoms with Gasteiger partial charge in [-0.15, -0.1) is 0 Å². The summed E-state index contributed by atoms with van der Waals surface area (Å²) in [6, 6.07) is 15.2. The van der Waals surface area contributed by atoms with Crippen molar-refractivity contribution in [1.29, 1.82) is 5.26 Å². The second-order valence-corrected chi connectivity index (χ2v) is 5.53. The van der Waals surface area contributed by atoms with E-state index in [0.717, 1.165) is 16.7 Å². The number of anilines is 1. The molecule has 1 amide bonds. The first-order valence-electron chi connectivity index (χ1n) is 7.44. The van der Waals surface area contributed by atoms with E-state index in [1.807, 2.05) is 56.3 Å². The van der Waals surface area contributed by atoms with Crippen molar-refractivity contribution < 1.29 is 9.53 Å². The van der Waals surface area contributed by atoms with E-state index >= 15 is 0 Å². The molecule has 0 spiro atoms. The molecule has 2 aromatic carbocycles. The van der Waals surface area contributed by atoms with Crippen molar-refractivity contribution >= 4 is 11.6 Å². The van der Waals surface area contributed by atoms with E-state index in [1.165, 1.54) is 0 Å². The van der Waals surface area contributed by atoms with Crippen molar-refractivity contribution in [3.8, 4) is 11.8 Å². The van der Waals surface area contributed by atoms with E-state index < -0.39 is 5.92 Å². The summed E-state index contributed by atoms with van der Waals surface area (Å²) in [6.45, 7) is 4.00. The minimum absolute atomic E-state index is 0.293. The summed E-state index contributed by atoms with van der Waals surface area (Å²) >= 11 is 0. The van der Waals surface area contributed by atoms with E-state index in [9.17, 15) is 10.1 Å². The molecule has 0 bridgehead atoms. The van der Waals surface area contributed by atoms with Gasteiger partial charge in [0.25, 0.3) is 0 Å². The van der Waals surface area contributed by atoms with E-state index in [4.69, 9.17) is 4.74 Å². The number of nitriles is 1. The fourth-order valence-corrected chi connectivity index (χ4v) is 2.28. The minimum atomic E-state index is -0.747. The number of aryl methyl sites for hydroxylation is 2. The first kappa shape index (κ1) is 16.6. The van der Waals surface area contributed by atoms with Crippen LogP contribution in [0.25, 0.3) is 0 Å². The molecule has 0 heterocycles. The molecule has 1 N–H and O–H groups in total. The maximum Gasteiger partial charge on any atom is 0.242 e. The topological polar surface area (TPSA) is 62.1 Å². The van der Waals surface area contributed by atoms with E-state index in [1.54, 1.807) is 7.11 Å². The Morgan fingerprint density at radius 3 is 2.65 bits per heavy atom. The predicted molar refractivity (Wildman–Crippen MR) is 90.3 cm³/mol. The number of nitrogens with zero attached hydrogens (tertiary/aromatic N) is 1. The number of hydrogen-bond acceptors (Lipinski definition) is 3. The standard InChI is InChI=1S/C19H20N2O2/c1-13-7-8-17(9-14(13)2)21-19(22)16(12-20)10-15-5-4-6-18(11-15)23-3/h4-9,11,16H,10H2,1-3H3,(H,21,22). The first-order chi connectivity index (χ1) is 11.0. The zero-order valence-corrected chi connectivity index (χ0v) is 13.6. The molecule has 4 nitrogen and oxygen atoms in total. The fraction of sp³-hybridized carbons (Fsp3) is 0.263. The van der Waals surface area contributed by atoms with Crippen LogP contribution in [0.5, 0.6) is 5.75 Å². The smallest absolute Gasteiger partial charge is 0.242 e. The maximum atomic E-state index is 12.3. The summed E-state index contributed by atoms with van der Waals surface area (Å²) in [5.41, 5.74) is 3.87. The van der Waals surface area contributed by atoms with Gasteiger partial charge in [0, 0.05) is 5.69 Å². The molecular formula is C19H20N2O2. The van der Waals surface area contributed by atoms with Crippen LogP contribution in [0, 0.1) is 31.1 Å². The molecule has 2 rings (SSSR count). The molecule has 0 aromatic heterocycles. The van der Waals surface area contributed by atoms with Crippen LogP contribution in [-0.4, -0.2) is 13.0 Å². The van der Waals surface area contributed by atoms with Crippen LogP contribution in [0.3, 0.4) is 0 Å². The normalized spacial score (nSPS) is 11.4. The highest BCUT2D eigenvalue weighted by molar-refractivity contribution is 5.94. The highest BCUT2D eigenvalue weighted by Gasteiger charge is 2.19. The number of amides is 1. The Kier molecular flexibility index (Phi) is 5.37. The van der Waals surface area contributed by atoms with E-state index in [2.05, 4.69) is 11.4 Å². The molecule has 2 aromatic rings. The predicted octanol–water partition coefficient (Wildman–Crippen LogP) is 3.63. The van der Waals surface area contributed by atoms with Crippen molar-refractivity contribution in [1.82, 2.24) is 0 Å². The molecule has 0 aliphatic rings. The lowest BCUT2D eigenvalue weighted by atomic mass is 9.99. The second-order valence-electron chi connectivity index (χ2n) is 5.53. The van der Waals surface area contributed by atoms with Crippen molar-refractivity contribution in [3.05, 3.63) is 59.2 Å². The van der Waals surface area contributed by atoms with Crippen LogP contribution in [0.2, 0.25) is 0 Å². The van der Waals surface area contributed by atoms with Gasteiger partial charge in [0.15, 0.2) is 0 Å². The van der Waals surface area contributed by atoms with Crippen molar-refractivity contribution in [3.63, 3.8) is 0 Å². The summed E-state index contributed by atoms with van der Waals surface area (Å²) in [5, 5.41) is 12.1. The number of methoxy groups -OCH3 is 1. The van der Waals surface area contributed by atoms with Gasteiger partial charge < -0.3 is 10.1 Å². The highest BCUT2D eigenvalue weighted by Crippen LogP contribution is 2.18. The largest absolute Gasteiger partial charge is 0.497 e. The lowest BCUT2D eigenvalue weighted by Crippen LogP contribution is -2.23. The maximum absolute atomic E-state index is 12.3. The number of carbonyl (C=O) groups excluding carboxylic acids is 1. The molecule has 0 radical (unpaired) electrons. The van der Waals surface area contributed by atoms with Crippen LogP contribution in [0.1, 0.15) is 16.7 Å². The lowest BCUT2D eigenvalue weighted by molar-refractivity contribution is -0.118. The number of carbonyl (C=O) groups is 1. The molecule has 0 saturated heterocycles. The zero-order valence-electron chi connectivity index (χ0n) is 13.6. The SMILES string of the molecule is COc1cccc(CC(C#N)C(=O)Nc2ccc(C)c(C)c2)c1. The van der Waals surface area contributed by atoms with Gasteiger partial charge in [-0.05, 0) is 61.2 Å². The van der Waals surface area contributed by atoms with Gasteiger partial charge in [0.1, 0.15) is 11.7 Å². The average Bonchev–Trinajstić information content (AvgIpc) is 2.56. The number of nitrogens with one attached hydrogen (secondary N) is 1. The molecule has 0 aliphatic heterocycles. The molecular weight excluding hydrogens is 288 g/mol. The molecule has 0 aliphatic carbocycles. The molecule has 0 saturated carbocycles. The Labute approximate surface area is 136 Å². The Balaban J connectivity index is 2.09. The number of hydrogen-bond donors (Lipinski definition) is 1. The third-order valence-electron chi connectivity index (χ3n) is 3.82. The molecule has 0 fully saturated rings. The zero-order chi connectivity index (χ0) is 16.8. The van der Waals surface area contributed by atoms with E-state index in [-0.39, 0.29) is 5.91 Å². The molecule has 1 unspecified atom stereocenters. The Morgan fingerprint density at radius 1 is 1.22 bits per heavy atom. The molecule has 4 heteroatoms. The van der Waals surface area contributed by atoms with Crippen molar-refractivity contribution in [2.75, 3.05) is 12.4 Å². The van der Waals surface area contributed by atoms with Gasteiger partial charge in [-0.1, -0.05) is 18.2 Å². The van der Waals surface area contributed by atoms with Crippen LogP contribution in [-0.2, 0) is 11.2 Å². The number of rotatable bonds is 5. The van der Waals surface area contributed by atoms with E-state index in [0.29, 0.717) is 17.9 Å². The van der Waals surface area contributed by atoms with Crippen LogP contribution < -0.4 is 10.1 Å².